The fourth-order valence-electron chi connectivity index (χ4n) is 8.61. The third-order valence-corrected chi connectivity index (χ3v) is 12.3. The molecule has 5 heteroatoms. The molecule has 0 saturated heterocycles. The van der Waals surface area contributed by atoms with E-state index in [1.54, 1.807) is 0 Å². The van der Waals surface area contributed by atoms with Crippen molar-refractivity contribution in [3.05, 3.63) is 188 Å². The largest absolute Gasteiger partial charge is 0.435 e. The Morgan fingerprint density at radius 3 is 1.96 bits per heavy atom. The molecule has 0 aliphatic heterocycles. The summed E-state index contributed by atoms with van der Waals surface area (Å²) in [6.07, 6.45) is 0. The first kappa shape index (κ1) is 31.2. The predicted molar refractivity (Wildman–Crippen MR) is 236 cm³/mol. The number of thiophene rings is 1. The molecule has 4 nitrogen and oxygen atoms in total. The molecule has 0 saturated carbocycles. The van der Waals surface area contributed by atoms with Gasteiger partial charge in [0.05, 0.1) is 11.0 Å². The predicted octanol–water partition coefficient (Wildman–Crippen LogP) is 14.7. The highest BCUT2D eigenvalue weighted by molar-refractivity contribution is 7.25. The normalized spacial score (nSPS) is 11.9. The van der Waals surface area contributed by atoms with E-state index < -0.39 is 0 Å². The fourth-order valence-corrected chi connectivity index (χ4v) is 9.75. The summed E-state index contributed by atoms with van der Waals surface area (Å²) in [6.45, 7) is 0. The minimum atomic E-state index is 0.627. The van der Waals surface area contributed by atoms with Crippen molar-refractivity contribution in [1.29, 1.82) is 0 Å². The van der Waals surface area contributed by atoms with Gasteiger partial charge in [-0.2, -0.15) is 0 Å². The molecule has 0 unspecified atom stereocenters. The van der Waals surface area contributed by atoms with Crippen molar-refractivity contribution in [3.8, 4) is 17.1 Å². The van der Waals surface area contributed by atoms with Crippen LogP contribution in [0.5, 0.6) is 0 Å². The van der Waals surface area contributed by atoms with Crippen LogP contribution in [-0.4, -0.2) is 9.55 Å². The van der Waals surface area contributed by atoms with Gasteiger partial charge in [-0.25, -0.2) is 4.98 Å². The van der Waals surface area contributed by atoms with E-state index in [1.165, 1.54) is 42.0 Å². The summed E-state index contributed by atoms with van der Waals surface area (Å²) < 4.78 is 11.6. The molecule has 0 atom stereocenters. The maximum absolute atomic E-state index is 6.62. The molecule has 12 aromatic rings. The number of para-hydroxylation sites is 2. The van der Waals surface area contributed by atoms with Crippen LogP contribution in [0.4, 0.5) is 17.1 Å². The molecule has 3 aromatic heterocycles. The summed E-state index contributed by atoms with van der Waals surface area (Å²) in [5, 5.41) is 9.45. The molecule has 0 aliphatic rings. The van der Waals surface area contributed by atoms with Crippen molar-refractivity contribution in [2.24, 2.45) is 0 Å². The highest BCUT2D eigenvalue weighted by Crippen LogP contribution is 2.44. The van der Waals surface area contributed by atoms with E-state index in [9.17, 15) is 0 Å². The molecule has 0 spiro atoms. The summed E-state index contributed by atoms with van der Waals surface area (Å²) in [6, 6.07) is 67.5. The lowest BCUT2D eigenvalue weighted by Crippen LogP contribution is -2.10. The number of nitrogens with zero attached hydrogens (tertiary/aromatic N) is 3. The third-order valence-electron chi connectivity index (χ3n) is 11.2. The summed E-state index contributed by atoms with van der Waals surface area (Å²) in [5.41, 5.74) is 9.38. The number of rotatable bonds is 5. The van der Waals surface area contributed by atoms with Crippen molar-refractivity contribution in [2.45, 2.75) is 0 Å². The third kappa shape index (κ3) is 4.75. The first-order chi connectivity index (χ1) is 27.7. The Kier molecular flexibility index (Phi) is 6.76. The first-order valence-corrected chi connectivity index (χ1v) is 19.7. The Morgan fingerprint density at radius 1 is 0.464 bits per heavy atom. The minimum Gasteiger partial charge on any atom is -0.435 e. The summed E-state index contributed by atoms with van der Waals surface area (Å²) in [4.78, 5) is 7.35. The van der Waals surface area contributed by atoms with E-state index in [0.29, 0.717) is 5.89 Å². The van der Waals surface area contributed by atoms with E-state index in [2.05, 4.69) is 167 Å². The van der Waals surface area contributed by atoms with E-state index in [1.807, 2.05) is 41.7 Å². The smallest absolute Gasteiger partial charge is 0.227 e. The summed E-state index contributed by atoms with van der Waals surface area (Å²) >= 11 is 1.85. The van der Waals surface area contributed by atoms with Crippen LogP contribution in [-0.2, 0) is 0 Å². The van der Waals surface area contributed by atoms with Crippen LogP contribution in [0, 0.1) is 0 Å². The summed E-state index contributed by atoms with van der Waals surface area (Å²) in [5.74, 6) is 0.627. The van der Waals surface area contributed by atoms with Crippen molar-refractivity contribution < 1.29 is 4.42 Å². The van der Waals surface area contributed by atoms with Gasteiger partial charge in [-0.3, -0.25) is 0 Å². The Balaban J connectivity index is 1.11. The van der Waals surface area contributed by atoms with Gasteiger partial charge >= 0.3 is 0 Å². The number of hydrogen-bond acceptors (Lipinski definition) is 4. The SMILES string of the molecule is c1ccc(-c2nc3ccc4ccc5ccc(N(c6ccc7c(c6)sc6ccccc67)c6ccc7c(c6)c6ccccc6n7-c6ccccc6)cc5c4c3o2)cc1. The molecule has 0 radical (unpaired) electrons. The summed E-state index contributed by atoms with van der Waals surface area (Å²) in [7, 11) is 0. The zero-order valence-corrected chi connectivity index (χ0v) is 30.9. The van der Waals surface area contributed by atoms with Crippen molar-refractivity contribution in [2.75, 3.05) is 4.90 Å². The quantitative estimate of drug-likeness (QED) is 0.165. The van der Waals surface area contributed by atoms with Crippen LogP contribution in [0.2, 0.25) is 0 Å². The van der Waals surface area contributed by atoms with Crippen molar-refractivity contribution in [1.82, 2.24) is 9.55 Å². The number of benzene rings is 9. The molecule has 0 aliphatic carbocycles. The van der Waals surface area contributed by atoms with Gasteiger partial charge < -0.3 is 13.9 Å². The lowest BCUT2D eigenvalue weighted by atomic mass is 10.00. The second-order valence-electron chi connectivity index (χ2n) is 14.4. The topological polar surface area (TPSA) is 34.2 Å². The molecule has 9 aromatic carbocycles. The molecule has 0 amide bonds. The lowest BCUT2D eigenvalue weighted by molar-refractivity contribution is 0.623. The number of oxazole rings is 1. The Labute approximate surface area is 325 Å². The number of hydrogen-bond donors (Lipinski definition) is 0. The maximum atomic E-state index is 6.62. The molecule has 262 valence electrons. The Morgan fingerprint density at radius 2 is 1.09 bits per heavy atom. The maximum Gasteiger partial charge on any atom is 0.227 e. The van der Waals surface area contributed by atoms with Crippen LogP contribution in [0.15, 0.2) is 192 Å². The number of aromatic nitrogens is 2. The average molecular weight is 734 g/mol. The zero-order chi connectivity index (χ0) is 36.7. The molecule has 3 heterocycles. The van der Waals surface area contributed by atoms with Crippen LogP contribution in [0.3, 0.4) is 0 Å². The first-order valence-electron chi connectivity index (χ1n) is 18.9. The lowest BCUT2D eigenvalue weighted by Gasteiger charge is -2.26. The second-order valence-corrected chi connectivity index (χ2v) is 15.5. The van der Waals surface area contributed by atoms with Gasteiger partial charge in [0.1, 0.15) is 5.52 Å². The Bertz CT molecular complexity index is 3490. The van der Waals surface area contributed by atoms with Crippen LogP contribution in [0.25, 0.3) is 91.8 Å². The van der Waals surface area contributed by atoms with Gasteiger partial charge in [-0.1, -0.05) is 103 Å². The minimum absolute atomic E-state index is 0.627. The van der Waals surface area contributed by atoms with Gasteiger partial charge in [0.2, 0.25) is 5.89 Å². The van der Waals surface area contributed by atoms with Gasteiger partial charge in [-0.05, 0) is 101 Å². The molecule has 0 N–H and O–H groups in total. The number of fused-ring (bicyclic) bond motifs is 11. The van der Waals surface area contributed by atoms with Gasteiger partial charge in [0.25, 0.3) is 0 Å². The van der Waals surface area contributed by atoms with Crippen molar-refractivity contribution in [3.63, 3.8) is 0 Å². The molecule has 0 bridgehead atoms. The molecule has 12 rings (SSSR count). The van der Waals surface area contributed by atoms with Crippen molar-refractivity contribution >= 4 is 103 Å². The number of anilines is 3. The van der Waals surface area contributed by atoms with Crippen LogP contribution in [0.1, 0.15) is 0 Å². The molecular weight excluding hydrogens is 703 g/mol. The van der Waals surface area contributed by atoms with E-state index in [4.69, 9.17) is 9.40 Å². The van der Waals surface area contributed by atoms with E-state index in [0.717, 1.165) is 61.0 Å². The molecular formula is C51H31N3OS. The van der Waals surface area contributed by atoms with Gasteiger partial charge in [0.15, 0.2) is 5.58 Å². The monoisotopic (exact) mass is 733 g/mol. The Hall–Kier alpha value is -7.21. The second kappa shape index (κ2) is 12.2. The van der Waals surface area contributed by atoms with Crippen LogP contribution >= 0.6 is 11.3 Å². The molecule has 0 fully saturated rings. The van der Waals surface area contributed by atoms with Gasteiger partial charge in [-0.15, -0.1) is 11.3 Å². The molecule has 56 heavy (non-hydrogen) atoms. The average Bonchev–Trinajstić information content (AvgIpc) is 3.96. The van der Waals surface area contributed by atoms with Crippen LogP contribution < -0.4 is 4.90 Å². The fraction of sp³-hybridized carbons (Fsp3) is 0. The van der Waals surface area contributed by atoms with Gasteiger partial charge in [0, 0.05) is 64.6 Å². The van der Waals surface area contributed by atoms with E-state index >= 15 is 0 Å². The van der Waals surface area contributed by atoms with E-state index in [-0.39, 0.29) is 0 Å². The standard InChI is InChI=1S/C51H31N3OS/c1-3-11-34(12-4-1)51-52-44-27-22-33-20-19-32-21-23-36(29-42(32)49(33)50(44)55-51)53(38-24-26-41-40-16-8-10-18-47(40)56-48(41)31-38)37-25-28-46-43(30-37)39-15-7-9-17-45(39)54(46)35-13-5-2-6-14-35/h1-31H. The highest BCUT2D eigenvalue weighted by atomic mass is 32.1. The highest BCUT2D eigenvalue weighted by Gasteiger charge is 2.20. The zero-order valence-electron chi connectivity index (χ0n) is 30.1.